The van der Waals surface area contributed by atoms with Crippen LogP contribution in [-0.4, -0.2) is 36.6 Å². The molecule has 0 aromatic carbocycles. The van der Waals surface area contributed by atoms with Gasteiger partial charge in [0.25, 0.3) is 0 Å². The van der Waals surface area contributed by atoms with Gasteiger partial charge in [-0.1, -0.05) is 20.8 Å². The predicted octanol–water partition coefficient (Wildman–Crippen LogP) is 2.25. The molecule has 0 amide bonds. The first-order valence-corrected chi connectivity index (χ1v) is 6.54. The summed E-state index contributed by atoms with van der Waals surface area (Å²) in [4.78, 5) is 2.73. The topological polar surface area (TPSA) is 15.3 Å². The summed E-state index contributed by atoms with van der Waals surface area (Å²) in [6.07, 6.45) is 5.59. The first kappa shape index (κ1) is 11.4. The number of hydrogen-bond acceptors (Lipinski definition) is 2. The molecule has 0 radical (unpaired) electrons. The zero-order chi connectivity index (χ0) is 10.9. The van der Waals surface area contributed by atoms with Crippen LogP contribution in [0.25, 0.3) is 0 Å². The Morgan fingerprint density at radius 1 is 1.20 bits per heavy atom. The van der Waals surface area contributed by atoms with Gasteiger partial charge in [-0.3, -0.25) is 4.90 Å². The molecule has 0 aromatic rings. The maximum atomic E-state index is 3.67. The Morgan fingerprint density at radius 3 is 2.60 bits per heavy atom. The Morgan fingerprint density at radius 2 is 2.00 bits per heavy atom. The van der Waals surface area contributed by atoms with E-state index in [4.69, 9.17) is 0 Å². The van der Waals surface area contributed by atoms with Gasteiger partial charge >= 0.3 is 0 Å². The lowest BCUT2D eigenvalue weighted by atomic mass is 9.94. The normalized spacial score (nSPS) is 33.8. The van der Waals surface area contributed by atoms with Gasteiger partial charge in [0.1, 0.15) is 0 Å². The molecular formula is C13H26N2. The minimum Gasteiger partial charge on any atom is -0.312 e. The molecule has 0 bridgehead atoms. The van der Waals surface area contributed by atoms with Crippen molar-refractivity contribution >= 4 is 0 Å². The molecule has 0 aromatic heterocycles. The molecule has 0 aliphatic carbocycles. The summed E-state index contributed by atoms with van der Waals surface area (Å²) in [5.41, 5.74) is 0.446. The molecule has 15 heavy (non-hydrogen) atoms. The molecular weight excluding hydrogens is 184 g/mol. The number of hydrogen-bond donors (Lipinski definition) is 1. The van der Waals surface area contributed by atoms with Crippen LogP contribution < -0.4 is 5.32 Å². The molecule has 0 unspecified atom stereocenters. The van der Waals surface area contributed by atoms with E-state index in [1.165, 1.54) is 45.3 Å². The van der Waals surface area contributed by atoms with Gasteiger partial charge < -0.3 is 5.32 Å². The third-order valence-electron chi connectivity index (χ3n) is 3.65. The molecule has 0 spiro atoms. The molecule has 88 valence electrons. The van der Waals surface area contributed by atoms with Crippen molar-refractivity contribution in [3.8, 4) is 0 Å². The second-order valence-electron chi connectivity index (χ2n) is 6.44. The van der Waals surface area contributed by atoms with Gasteiger partial charge in [-0.2, -0.15) is 0 Å². The highest BCUT2D eigenvalue weighted by Crippen LogP contribution is 2.28. The monoisotopic (exact) mass is 210 g/mol. The lowest BCUT2D eigenvalue weighted by Crippen LogP contribution is -2.46. The Balaban J connectivity index is 1.92. The summed E-state index contributed by atoms with van der Waals surface area (Å²) in [6, 6.07) is 1.61. The zero-order valence-electron chi connectivity index (χ0n) is 10.6. The van der Waals surface area contributed by atoms with E-state index in [0.717, 1.165) is 12.1 Å². The minimum atomic E-state index is 0.446. The van der Waals surface area contributed by atoms with E-state index in [0.29, 0.717) is 5.41 Å². The quantitative estimate of drug-likeness (QED) is 0.752. The van der Waals surface area contributed by atoms with Crippen LogP contribution in [0.2, 0.25) is 0 Å². The maximum Gasteiger partial charge on any atom is 0.0250 e. The van der Waals surface area contributed by atoms with Crippen molar-refractivity contribution in [2.24, 2.45) is 5.41 Å². The predicted molar refractivity (Wildman–Crippen MR) is 65.1 cm³/mol. The van der Waals surface area contributed by atoms with Crippen LogP contribution in [0.4, 0.5) is 0 Å². The van der Waals surface area contributed by atoms with Crippen molar-refractivity contribution in [1.82, 2.24) is 10.2 Å². The second-order valence-corrected chi connectivity index (χ2v) is 6.44. The third-order valence-corrected chi connectivity index (χ3v) is 3.65. The molecule has 2 fully saturated rings. The number of nitrogens with one attached hydrogen (secondary N) is 1. The standard InChI is InChI=1S/C13H26N2/c1-13(2,3)10-15-9-5-7-12(15)11-6-4-8-14-11/h11-12,14H,4-10H2,1-3H3/t11-,12-/m0/s1. The van der Waals surface area contributed by atoms with E-state index >= 15 is 0 Å². The van der Waals surface area contributed by atoms with Crippen LogP contribution >= 0.6 is 0 Å². The van der Waals surface area contributed by atoms with E-state index in [-0.39, 0.29) is 0 Å². The van der Waals surface area contributed by atoms with Crippen LogP contribution in [0.15, 0.2) is 0 Å². The molecule has 2 heteroatoms. The van der Waals surface area contributed by atoms with Gasteiger partial charge in [0.05, 0.1) is 0 Å². The zero-order valence-corrected chi connectivity index (χ0v) is 10.6. The Bertz CT molecular complexity index is 201. The molecule has 2 nitrogen and oxygen atoms in total. The smallest absolute Gasteiger partial charge is 0.0250 e. The van der Waals surface area contributed by atoms with Crippen molar-refractivity contribution in [3.05, 3.63) is 0 Å². The lowest BCUT2D eigenvalue weighted by Gasteiger charge is -2.34. The Kier molecular flexibility index (Phi) is 3.36. The van der Waals surface area contributed by atoms with E-state index in [1.54, 1.807) is 0 Å². The van der Waals surface area contributed by atoms with E-state index in [1.807, 2.05) is 0 Å². The SMILES string of the molecule is CC(C)(C)CN1CCC[C@H]1[C@@H]1CCCN1. The van der Waals surface area contributed by atoms with Crippen molar-refractivity contribution in [1.29, 1.82) is 0 Å². The third kappa shape index (κ3) is 2.94. The van der Waals surface area contributed by atoms with Crippen molar-refractivity contribution in [2.75, 3.05) is 19.6 Å². The van der Waals surface area contributed by atoms with Crippen molar-refractivity contribution in [3.63, 3.8) is 0 Å². The highest BCUT2D eigenvalue weighted by molar-refractivity contribution is 4.93. The van der Waals surface area contributed by atoms with Crippen LogP contribution in [-0.2, 0) is 0 Å². The molecule has 2 rings (SSSR count). The molecule has 2 saturated heterocycles. The molecule has 1 N–H and O–H groups in total. The average Bonchev–Trinajstić information content (AvgIpc) is 2.68. The van der Waals surface area contributed by atoms with Crippen molar-refractivity contribution < 1.29 is 0 Å². The molecule has 2 aliphatic heterocycles. The lowest BCUT2D eigenvalue weighted by molar-refractivity contribution is 0.155. The summed E-state index contributed by atoms with van der Waals surface area (Å²) in [5, 5.41) is 3.67. The van der Waals surface area contributed by atoms with Crippen molar-refractivity contribution in [2.45, 2.75) is 58.5 Å². The minimum absolute atomic E-state index is 0.446. The van der Waals surface area contributed by atoms with Crippen LogP contribution in [0, 0.1) is 5.41 Å². The second kappa shape index (κ2) is 4.42. The Labute approximate surface area is 94.4 Å². The highest BCUT2D eigenvalue weighted by Gasteiger charge is 2.34. The summed E-state index contributed by atoms with van der Waals surface area (Å²) in [7, 11) is 0. The van der Waals surface area contributed by atoms with E-state index in [2.05, 4.69) is 31.0 Å². The first-order chi connectivity index (χ1) is 7.06. The largest absolute Gasteiger partial charge is 0.312 e. The number of rotatable bonds is 2. The Hall–Kier alpha value is -0.0800. The fraction of sp³-hybridized carbons (Fsp3) is 1.00. The van der Waals surface area contributed by atoms with E-state index < -0.39 is 0 Å². The van der Waals surface area contributed by atoms with Gasteiger partial charge in [-0.15, -0.1) is 0 Å². The molecule has 2 aliphatic rings. The maximum absolute atomic E-state index is 3.67. The summed E-state index contributed by atoms with van der Waals surface area (Å²) >= 11 is 0. The summed E-state index contributed by atoms with van der Waals surface area (Å²) in [5.74, 6) is 0. The van der Waals surface area contributed by atoms with Gasteiger partial charge in [0.2, 0.25) is 0 Å². The molecule has 2 heterocycles. The number of likely N-dealkylation sites (tertiary alicyclic amines) is 1. The fourth-order valence-electron chi connectivity index (χ4n) is 3.15. The average molecular weight is 210 g/mol. The summed E-state index contributed by atoms with van der Waals surface area (Å²) < 4.78 is 0. The van der Waals surface area contributed by atoms with Gasteiger partial charge in [0.15, 0.2) is 0 Å². The highest BCUT2D eigenvalue weighted by atomic mass is 15.2. The fourth-order valence-corrected chi connectivity index (χ4v) is 3.15. The van der Waals surface area contributed by atoms with Crippen LogP contribution in [0.5, 0.6) is 0 Å². The first-order valence-electron chi connectivity index (χ1n) is 6.54. The van der Waals surface area contributed by atoms with Gasteiger partial charge in [0, 0.05) is 18.6 Å². The van der Waals surface area contributed by atoms with Gasteiger partial charge in [-0.05, 0) is 44.2 Å². The molecule has 0 saturated carbocycles. The van der Waals surface area contributed by atoms with Crippen LogP contribution in [0.3, 0.4) is 0 Å². The van der Waals surface area contributed by atoms with E-state index in [9.17, 15) is 0 Å². The summed E-state index contributed by atoms with van der Waals surface area (Å²) in [6.45, 7) is 10.9. The number of nitrogens with zero attached hydrogens (tertiary/aromatic N) is 1. The van der Waals surface area contributed by atoms with Gasteiger partial charge in [-0.25, -0.2) is 0 Å². The molecule has 2 atom stereocenters. The van der Waals surface area contributed by atoms with Crippen LogP contribution in [0.1, 0.15) is 46.5 Å².